The van der Waals surface area contributed by atoms with Crippen molar-refractivity contribution in [1.29, 1.82) is 0 Å². The standard InChI is InChI=1S/C22H32F3NO2/c1-2-3-4-5-6-7-8-9-17-10-12-18(13-11-17)14-26-15-19(21(27)28)20(16-26)22(23,24)25/h10-13,19-20H,2-9,14-16H2,1H3,(H,27,28)/t19-,20?/m0/s1. The van der Waals surface area contributed by atoms with Gasteiger partial charge in [-0.1, -0.05) is 69.7 Å². The first kappa shape index (κ1) is 22.7. The van der Waals surface area contributed by atoms with E-state index in [1.807, 2.05) is 24.3 Å². The normalized spacial score (nSPS) is 20.6. The molecule has 3 nitrogen and oxygen atoms in total. The van der Waals surface area contributed by atoms with Gasteiger partial charge in [0.05, 0.1) is 11.8 Å². The van der Waals surface area contributed by atoms with Crippen LogP contribution in [-0.2, 0) is 17.8 Å². The molecule has 158 valence electrons. The van der Waals surface area contributed by atoms with Crippen LogP contribution in [-0.4, -0.2) is 35.2 Å². The summed E-state index contributed by atoms with van der Waals surface area (Å²) in [7, 11) is 0. The van der Waals surface area contributed by atoms with Crippen molar-refractivity contribution in [2.24, 2.45) is 11.8 Å². The van der Waals surface area contributed by atoms with E-state index >= 15 is 0 Å². The van der Waals surface area contributed by atoms with E-state index in [1.54, 1.807) is 4.90 Å². The summed E-state index contributed by atoms with van der Waals surface area (Å²) in [6.45, 7) is 2.26. The molecule has 1 aliphatic heterocycles. The second kappa shape index (κ2) is 10.8. The Kier molecular flexibility index (Phi) is 8.80. The predicted molar refractivity (Wildman–Crippen MR) is 104 cm³/mol. The Morgan fingerprint density at radius 3 is 2.11 bits per heavy atom. The fourth-order valence-electron chi connectivity index (χ4n) is 3.95. The minimum Gasteiger partial charge on any atom is -0.481 e. The van der Waals surface area contributed by atoms with Gasteiger partial charge in [0, 0.05) is 19.6 Å². The van der Waals surface area contributed by atoms with Crippen LogP contribution in [0.15, 0.2) is 24.3 Å². The maximum atomic E-state index is 13.1. The molecular formula is C22H32F3NO2. The van der Waals surface area contributed by atoms with E-state index in [0.717, 1.165) is 18.4 Å². The monoisotopic (exact) mass is 399 g/mol. The van der Waals surface area contributed by atoms with Gasteiger partial charge in [0.2, 0.25) is 0 Å². The molecule has 2 atom stereocenters. The molecule has 1 N–H and O–H groups in total. The molecule has 1 aromatic carbocycles. The molecule has 0 saturated carbocycles. The van der Waals surface area contributed by atoms with Crippen LogP contribution >= 0.6 is 0 Å². The summed E-state index contributed by atoms with van der Waals surface area (Å²) in [5.74, 6) is -4.53. The Morgan fingerprint density at radius 2 is 1.57 bits per heavy atom. The number of nitrogens with zero attached hydrogens (tertiary/aromatic N) is 1. The number of carbonyl (C=O) groups is 1. The molecule has 1 unspecified atom stereocenters. The molecular weight excluding hydrogens is 367 g/mol. The SMILES string of the molecule is CCCCCCCCCc1ccc(CN2CC(C(F)(F)F)[C@@H](C(=O)O)C2)cc1. The van der Waals surface area contributed by atoms with Crippen molar-refractivity contribution < 1.29 is 23.1 Å². The van der Waals surface area contributed by atoms with Crippen LogP contribution in [0, 0.1) is 11.8 Å². The van der Waals surface area contributed by atoms with Crippen LogP contribution in [0.1, 0.15) is 63.0 Å². The lowest BCUT2D eigenvalue weighted by Gasteiger charge is -2.18. The van der Waals surface area contributed by atoms with Crippen molar-refractivity contribution in [3.05, 3.63) is 35.4 Å². The third-order valence-electron chi connectivity index (χ3n) is 5.63. The van der Waals surface area contributed by atoms with Crippen LogP contribution in [0.25, 0.3) is 0 Å². The van der Waals surface area contributed by atoms with Gasteiger partial charge >= 0.3 is 12.1 Å². The molecule has 6 heteroatoms. The molecule has 1 aromatic rings. The second-order valence-electron chi connectivity index (χ2n) is 7.97. The summed E-state index contributed by atoms with van der Waals surface area (Å²) in [6.07, 6.45) is 5.41. The molecule has 0 amide bonds. The number of benzene rings is 1. The lowest BCUT2D eigenvalue weighted by molar-refractivity contribution is -0.188. The van der Waals surface area contributed by atoms with E-state index in [2.05, 4.69) is 6.92 Å². The van der Waals surface area contributed by atoms with Gasteiger partial charge in [0.15, 0.2) is 0 Å². The number of likely N-dealkylation sites (tertiary alicyclic amines) is 1. The van der Waals surface area contributed by atoms with E-state index in [-0.39, 0.29) is 13.1 Å². The molecule has 0 aromatic heterocycles. The van der Waals surface area contributed by atoms with Crippen LogP contribution in [0.5, 0.6) is 0 Å². The van der Waals surface area contributed by atoms with Crippen LogP contribution in [0.2, 0.25) is 0 Å². The number of hydrogen-bond donors (Lipinski definition) is 1. The van der Waals surface area contributed by atoms with E-state index in [4.69, 9.17) is 5.11 Å². The van der Waals surface area contributed by atoms with Crippen molar-refractivity contribution in [2.75, 3.05) is 13.1 Å². The first-order valence-electron chi connectivity index (χ1n) is 10.4. The van der Waals surface area contributed by atoms with Gasteiger partial charge in [-0.25, -0.2) is 0 Å². The summed E-state index contributed by atoms with van der Waals surface area (Å²) in [6, 6.07) is 7.98. The molecule has 0 bridgehead atoms. The van der Waals surface area contributed by atoms with E-state index < -0.39 is 24.0 Å². The molecule has 1 fully saturated rings. The average Bonchev–Trinajstić information content (AvgIpc) is 3.07. The zero-order valence-electron chi connectivity index (χ0n) is 16.7. The minimum atomic E-state index is -4.47. The van der Waals surface area contributed by atoms with Gasteiger partial charge in [-0.3, -0.25) is 9.69 Å². The number of carboxylic acids is 1. The summed E-state index contributed by atoms with van der Waals surface area (Å²) in [5.41, 5.74) is 2.17. The number of aryl methyl sites for hydroxylation is 1. The zero-order chi connectivity index (χ0) is 20.6. The zero-order valence-corrected chi connectivity index (χ0v) is 16.7. The molecule has 2 rings (SSSR count). The number of halogens is 3. The maximum absolute atomic E-state index is 13.1. The third-order valence-corrected chi connectivity index (χ3v) is 5.63. The maximum Gasteiger partial charge on any atom is 0.393 e. The molecule has 0 radical (unpaired) electrons. The highest BCUT2D eigenvalue weighted by atomic mass is 19.4. The van der Waals surface area contributed by atoms with Crippen LogP contribution < -0.4 is 0 Å². The lowest BCUT2D eigenvalue weighted by atomic mass is 9.96. The summed E-state index contributed by atoms with van der Waals surface area (Å²) < 4.78 is 39.2. The predicted octanol–water partition coefficient (Wildman–Crippen LogP) is 5.67. The second-order valence-corrected chi connectivity index (χ2v) is 7.97. The highest BCUT2D eigenvalue weighted by molar-refractivity contribution is 5.71. The number of alkyl halides is 3. The molecule has 28 heavy (non-hydrogen) atoms. The Labute approximate surface area is 165 Å². The first-order valence-corrected chi connectivity index (χ1v) is 10.4. The van der Waals surface area contributed by atoms with Crippen LogP contribution in [0.3, 0.4) is 0 Å². The average molecular weight is 399 g/mol. The van der Waals surface area contributed by atoms with Crippen LogP contribution in [0.4, 0.5) is 13.2 Å². The molecule has 1 saturated heterocycles. The highest BCUT2D eigenvalue weighted by Gasteiger charge is 2.52. The Bertz CT molecular complexity index is 601. The van der Waals surface area contributed by atoms with Crippen molar-refractivity contribution in [3.8, 4) is 0 Å². The summed E-state index contributed by atoms with van der Waals surface area (Å²) in [4.78, 5) is 12.8. The number of hydrogen-bond acceptors (Lipinski definition) is 2. The van der Waals surface area contributed by atoms with Gasteiger partial charge in [-0.2, -0.15) is 13.2 Å². The molecule has 0 spiro atoms. The minimum absolute atomic E-state index is 0.0563. The fraction of sp³-hybridized carbons (Fsp3) is 0.682. The quantitative estimate of drug-likeness (QED) is 0.487. The van der Waals surface area contributed by atoms with Gasteiger partial charge in [-0.05, 0) is 24.0 Å². The number of carboxylic acid groups (broad SMARTS) is 1. The number of aliphatic carboxylic acids is 1. The number of unbranched alkanes of at least 4 members (excludes halogenated alkanes) is 6. The first-order chi connectivity index (χ1) is 13.3. The Balaban J connectivity index is 1.77. The fourth-order valence-corrected chi connectivity index (χ4v) is 3.95. The summed E-state index contributed by atoms with van der Waals surface area (Å²) in [5, 5.41) is 9.10. The smallest absolute Gasteiger partial charge is 0.393 e. The lowest BCUT2D eigenvalue weighted by Crippen LogP contribution is -2.33. The van der Waals surface area contributed by atoms with E-state index in [1.165, 1.54) is 44.1 Å². The largest absolute Gasteiger partial charge is 0.481 e. The molecule has 1 aliphatic rings. The van der Waals surface area contributed by atoms with Crippen molar-refractivity contribution in [3.63, 3.8) is 0 Å². The molecule has 1 heterocycles. The number of rotatable bonds is 11. The Hall–Kier alpha value is -1.56. The summed E-state index contributed by atoms with van der Waals surface area (Å²) >= 11 is 0. The van der Waals surface area contributed by atoms with Gasteiger partial charge in [-0.15, -0.1) is 0 Å². The van der Waals surface area contributed by atoms with Gasteiger partial charge in [0.1, 0.15) is 0 Å². The topological polar surface area (TPSA) is 40.5 Å². The molecule has 0 aliphatic carbocycles. The van der Waals surface area contributed by atoms with Crippen molar-refractivity contribution in [2.45, 2.75) is 71.0 Å². The highest BCUT2D eigenvalue weighted by Crippen LogP contribution is 2.38. The van der Waals surface area contributed by atoms with Crippen molar-refractivity contribution in [1.82, 2.24) is 4.90 Å². The van der Waals surface area contributed by atoms with E-state index in [0.29, 0.717) is 6.54 Å². The third kappa shape index (κ3) is 7.12. The van der Waals surface area contributed by atoms with E-state index in [9.17, 15) is 18.0 Å². The van der Waals surface area contributed by atoms with Crippen molar-refractivity contribution >= 4 is 5.97 Å². The van der Waals surface area contributed by atoms with Gasteiger partial charge in [0.25, 0.3) is 0 Å². The van der Waals surface area contributed by atoms with Gasteiger partial charge < -0.3 is 5.11 Å². The Morgan fingerprint density at radius 1 is 1.00 bits per heavy atom.